The van der Waals surface area contributed by atoms with Gasteiger partial charge in [0.25, 0.3) is 0 Å². The second kappa shape index (κ2) is 7.28. The highest BCUT2D eigenvalue weighted by atomic mass is 15.1. The number of hydrogen-bond donors (Lipinski definition) is 2. The summed E-state index contributed by atoms with van der Waals surface area (Å²) in [6.07, 6.45) is 7.75. The third-order valence-corrected chi connectivity index (χ3v) is 6.33. The summed E-state index contributed by atoms with van der Waals surface area (Å²) in [5.74, 6) is 1.33. The lowest BCUT2D eigenvalue weighted by atomic mass is 9.89. The van der Waals surface area contributed by atoms with E-state index in [1.807, 2.05) is 24.5 Å². The van der Waals surface area contributed by atoms with Crippen LogP contribution in [0.4, 0.5) is 0 Å². The first-order valence-electron chi connectivity index (χ1n) is 10.7. The highest BCUT2D eigenvalue weighted by molar-refractivity contribution is 5.95. The molecule has 1 aromatic carbocycles. The van der Waals surface area contributed by atoms with E-state index in [9.17, 15) is 0 Å². The van der Waals surface area contributed by atoms with Crippen LogP contribution in [0.5, 0.6) is 0 Å². The number of likely N-dealkylation sites (tertiary alicyclic amines) is 1. The number of nitrogens with zero attached hydrogens (tertiary/aromatic N) is 5. The van der Waals surface area contributed by atoms with Crippen molar-refractivity contribution in [2.45, 2.75) is 18.8 Å². The Morgan fingerprint density at radius 3 is 2.77 bits per heavy atom. The molecule has 1 aliphatic rings. The zero-order valence-electron chi connectivity index (χ0n) is 17.3. The second-order valence-electron chi connectivity index (χ2n) is 8.34. The molecule has 5 heterocycles. The molecule has 0 atom stereocenters. The van der Waals surface area contributed by atoms with Crippen LogP contribution >= 0.6 is 0 Å². The van der Waals surface area contributed by atoms with E-state index in [0.29, 0.717) is 5.92 Å². The van der Waals surface area contributed by atoms with Crippen molar-refractivity contribution in [3.8, 4) is 22.8 Å². The maximum absolute atomic E-state index is 5.02. The second-order valence-corrected chi connectivity index (χ2v) is 8.34. The summed E-state index contributed by atoms with van der Waals surface area (Å²) in [7, 11) is 2.20. The van der Waals surface area contributed by atoms with Crippen molar-refractivity contribution in [3.05, 3.63) is 60.6 Å². The van der Waals surface area contributed by atoms with E-state index in [2.05, 4.69) is 61.4 Å². The fourth-order valence-corrected chi connectivity index (χ4v) is 4.58. The third kappa shape index (κ3) is 3.18. The summed E-state index contributed by atoms with van der Waals surface area (Å²) in [5, 5.41) is 8.66. The molecule has 154 valence electrons. The van der Waals surface area contributed by atoms with E-state index in [1.54, 1.807) is 6.20 Å². The molecule has 1 fully saturated rings. The number of imidazole rings is 1. The predicted octanol–water partition coefficient (Wildman–Crippen LogP) is 4.37. The van der Waals surface area contributed by atoms with Crippen molar-refractivity contribution in [1.82, 2.24) is 35.0 Å². The van der Waals surface area contributed by atoms with Crippen LogP contribution in [0.3, 0.4) is 0 Å². The van der Waals surface area contributed by atoms with Crippen LogP contribution in [0.2, 0.25) is 0 Å². The van der Waals surface area contributed by atoms with E-state index in [1.165, 1.54) is 18.4 Å². The molecule has 0 radical (unpaired) electrons. The fourth-order valence-electron chi connectivity index (χ4n) is 4.58. The van der Waals surface area contributed by atoms with Crippen LogP contribution in [-0.2, 0) is 0 Å². The van der Waals surface area contributed by atoms with Crippen LogP contribution in [0.15, 0.2) is 55.0 Å². The van der Waals surface area contributed by atoms with Gasteiger partial charge in [-0.05, 0) is 68.7 Å². The monoisotopic (exact) mass is 409 g/mol. The average Bonchev–Trinajstić information content (AvgIpc) is 3.43. The number of nitrogens with one attached hydrogen (secondary N) is 2. The molecule has 5 aromatic rings. The Labute approximate surface area is 179 Å². The molecule has 0 bridgehead atoms. The van der Waals surface area contributed by atoms with Crippen LogP contribution in [0.1, 0.15) is 24.3 Å². The summed E-state index contributed by atoms with van der Waals surface area (Å²) in [4.78, 5) is 19.7. The number of aromatic amines is 2. The molecule has 1 saturated heterocycles. The first-order valence-corrected chi connectivity index (χ1v) is 10.7. The van der Waals surface area contributed by atoms with Gasteiger partial charge in [0.15, 0.2) is 5.82 Å². The van der Waals surface area contributed by atoms with Crippen LogP contribution in [0.25, 0.3) is 44.7 Å². The number of para-hydroxylation sites is 1. The summed E-state index contributed by atoms with van der Waals surface area (Å²) in [6, 6.07) is 12.4. The van der Waals surface area contributed by atoms with Crippen molar-refractivity contribution in [2.75, 3.05) is 20.1 Å². The van der Waals surface area contributed by atoms with Crippen LogP contribution < -0.4 is 0 Å². The number of rotatable bonds is 3. The molecule has 7 nitrogen and oxygen atoms in total. The summed E-state index contributed by atoms with van der Waals surface area (Å²) >= 11 is 0. The molecule has 7 heteroatoms. The number of piperidine rings is 1. The fraction of sp³-hybridized carbons (Fsp3) is 0.250. The molecule has 4 aromatic heterocycles. The smallest absolute Gasteiger partial charge is 0.159 e. The number of benzene rings is 1. The van der Waals surface area contributed by atoms with Crippen molar-refractivity contribution >= 4 is 21.9 Å². The highest BCUT2D eigenvalue weighted by Crippen LogP contribution is 2.34. The van der Waals surface area contributed by atoms with Crippen molar-refractivity contribution < 1.29 is 0 Å². The average molecular weight is 409 g/mol. The molecule has 0 saturated carbocycles. The van der Waals surface area contributed by atoms with Gasteiger partial charge in [0.1, 0.15) is 5.69 Å². The van der Waals surface area contributed by atoms with E-state index in [0.717, 1.165) is 57.8 Å². The maximum atomic E-state index is 5.02. The molecule has 31 heavy (non-hydrogen) atoms. The van der Waals surface area contributed by atoms with Gasteiger partial charge in [0.05, 0.1) is 28.4 Å². The molecule has 6 rings (SSSR count). The standard InChI is InChI=1S/C24H23N7/c1-31-10-7-15(8-11-31)17-5-2-6-19-22(17)28-24(27-19)23-18-12-20(16-4-3-9-25-13-16)26-14-21(18)29-30-23/h2-6,9,12-15H,7-8,10-11H2,1H3,(H,27,28)(H,29,30). The van der Waals surface area contributed by atoms with Gasteiger partial charge in [-0.1, -0.05) is 12.1 Å². The van der Waals surface area contributed by atoms with E-state index in [4.69, 9.17) is 4.98 Å². The molecule has 1 aliphatic heterocycles. The predicted molar refractivity (Wildman–Crippen MR) is 122 cm³/mol. The molecule has 0 amide bonds. The van der Waals surface area contributed by atoms with Gasteiger partial charge in [-0.2, -0.15) is 5.10 Å². The van der Waals surface area contributed by atoms with Gasteiger partial charge in [-0.15, -0.1) is 0 Å². The summed E-state index contributed by atoms with van der Waals surface area (Å²) in [6.45, 7) is 2.26. The number of H-pyrrole nitrogens is 2. The Kier molecular flexibility index (Phi) is 4.28. The molecular formula is C24H23N7. The lowest BCUT2D eigenvalue weighted by molar-refractivity contribution is 0.256. The number of fused-ring (bicyclic) bond motifs is 2. The van der Waals surface area contributed by atoms with Gasteiger partial charge in [0, 0.05) is 23.3 Å². The molecule has 0 unspecified atom stereocenters. The Balaban J connectivity index is 1.44. The normalized spacial score (nSPS) is 15.8. The van der Waals surface area contributed by atoms with E-state index >= 15 is 0 Å². The lowest BCUT2D eigenvalue weighted by Crippen LogP contribution is -2.29. The van der Waals surface area contributed by atoms with Crippen LogP contribution in [-0.4, -0.2) is 55.2 Å². The van der Waals surface area contributed by atoms with Gasteiger partial charge >= 0.3 is 0 Å². The lowest BCUT2D eigenvalue weighted by Gasteiger charge is -2.29. The first kappa shape index (κ1) is 18.2. The third-order valence-electron chi connectivity index (χ3n) is 6.33. The largest absolute Gasteiger partial charge is 0.337 e. The van der Waals surface area contributed by atoms with Crippen LogP contribution in [0, 0.1) is 0 Å². The Hall–Kier alpha value is -3.58. The van der Waals surface area contributed by atoms with Gasteiger partial charge in [-0.3, -0.25) is 15.1 Å². The minimum Gasteiger partial charge on any atom is -0.337 e. The Morgan fingerprint density at radius 1 is 1.03 bits per heavy atom. The summed E-state index contributed by atoms with van der Waals surface area (Å²) in [5.41, 5.74) is 7.00. The number of aromatic nitrogens is 6. The maximum Gasteiger partial charge on any atom is 0.159 e. The van der Waals surface area contributed by atoms with E-state index in [-0.39, 0.29) is 0 Å². The minimum absolute atomic E-state index is 0.549. The van der Waals surface area contributed by atoms with Gasteiger partial charge < -0.3 is 9.88 Å². The number of pyridine rings is 2. The topological polar surface area (TPSA) is 86.4 Å². The quantitative estimate of drug-likeness (QED) is 0.462. The molecular weight excluding hydrogens is 386 g/mol. The molecule has 2 N–H and O–H groups in total. The van der Waals surface area contributed by atoms with Crippen molar-refractivity contribution in [2.24, 2.45) is 0 Å². The Bertz CT molecular complexity index is 1360. The zero-order valence-corrected chi connectivity index (χ0v) is 17.3. The SMILES string of the molecule is CN1CCC(c2cccc3[nH]c(-c4n[nH]c5cnc(-c6cccnc6)cc45)nc23)CC1. The molecule has 0 spiro atoms. The van der Waals surface area contributed by atoms with E-state index < -0.39 is 0 Å². The minimum atomic E-state index is 0.549. The molecule has 0 aliphatic carbocycles. The van der Waals surface area contributed by atoms with Gasteiger partial charge in [-0.25, -0.2) is 4.98 Å². The van der Waals surface area contributed by atoms with Crippen molar-refractivity contribution in [1.29, 1.82) is 0 Å². The number of hydrogen-bond acceptors (Lipinski definition) is 5. The first-order chi connectivity index (χ1) is 15.3. The Morgan fingerprint density at radius 2 is 1.94 bits per heavy atom. The zero-order chi connectivity index (χ0) is 20.8. The van der Waals surface area contributed by atoms with Crippen molar-refractivity contribution in [3.63, 3.8) is 0 Å². The summed E-state index contributed by atoms with van der Waals surface area (Å²) < 4.78 is 0. The highest BCUT2D eigenvalue weighted by Gasteiger charge is 2.22. The van der Waals surface area contributed by atoms with Gasteiger partial charge in [0.2, 0.25) is 0 Å².